The average Bonchev–Trinajstić information content (AvgIpc) is 2.40. The van der Waals surface area contributed by atoms with E-state index < -0.39 is 10.0 Å². The van der Waals surface area contributed by atoms with Gasteiger partial charge in [0.05, 0.1) is 5.02 Å². The smallest absolute Gasteiger partial charge is 0.242 e. The molecule has 1 unspecified atom stereocenters. The van der Waals surface area contributed by atoms with Crippen molar-refractivity contribution in [2.24, 2.45) is 5.92 Å². The summed E-state index contributed by atoms with van der Waals surface area (Å²) in [5.74, 6) is 0.558. The standard InChI is InChI=1S/C13H19ClN2O2S.ClH/c14-12-5-1-2-6-13(12)19(17,18)16-9-7-11-4-3-8-15-10-11;/h1-2,5-6,11,15-16H,3-4,7-10H2;1H. The van der Waals surface area contributed by atoms with E-state index >= 15 is 0 Å². The molecule has 0 spiro atoms. The number of benzene rings is 1. The number of sulfonamides is 1. The highest BCUT2D eigenvalue weighted by atomic mass is 35.5. The van der Waals surface area contributed by atoms with Crippen molar-refractivity contribution in [3.05, 3.63) is 29.3 Å². The SMILES string of the molecule is Cl.O=S(=O)(NCCC1CCCNC1)c1ccccc1Cl. The van der Waals surface area contributed by atoms with E-state index in [1.165, 1.54) is 18.9 Å². The maximum atomic E-state index is 12.1. The Morgan fingerprint density at radius 2 is 2.10 bits per heavy atom. The van der Waals surface area contributed by atoms with Gasteiger partial charge in [-0.2, -0.15) is 0 Å². The van der Waals surface area contributed by atoms with Gasteiger partial charge in [-0.1, -0.05) is 23.7 Å². The van der Waals surface area contributed by atoms with Gasteiger partial charge in [0.2, 0.25) is 10.0 Å². The third-order valence-corrected chi connectivity index (χ3v) is 5.33. The minimum absolute atomic E-state index is 0. The van der Waals surface area contributed by atoms with Crippen LogP contribution in [0.5, 0.6) is 0 Å². The molecule has 2 N–H and O–H groups in total. The predicted octanol–water partition coefficient (Wildman–Crippen LogP) is 2.43. The van der Waals surface area contributed by atoms with E-state index in [0.717, 1.165) is 19.5 Å². The van der Waals surface area contributed by atoms with E-state index in [9.17, 15) is 8.42 Å². The van der Waals surface area contributed by atoms with Crippen LogP contribution in [0.25, 0.3) is 0 Å². The lowest BCUT2D eigenvalue weighted by atomic mass is 9.96. The monoisotopic (exact) mass is 338 g/mol. The molecular formula is C13H20Cl2N2O2S. The van der Waals surface area contributed by atoms with Crippen LogP contribution in [0.1, 0.15) is 19.3 Å². The summed E-state index contributed by atoms with van der Waals surface area (Å²) in [7, 11) is -3.49. The Kier molecular flexibility index (Phi) is 7.26. The maximum Gasteiger partial charge on any atom is 0.242 e. The van der Waals surface area contributed by atoms with Crippen LogP contribution >= 0.6 is 24.0 Å². The molecule has 4 nitrogen and oxygen atoms in total. The lowest BCUT2D eigenvalue weighted by Crippen LogP contribution is -2.33. The number of rotatable bonds is 5. The first-order valence-corrected chi connectivity index (χ1v) is 8.40. The molecule has 1 aromatic carbocycles. The normalized spacial score (nSPS) is 19.4. The van der Waals surface area contributed by atoms with E-state index in [-0.39, 0.29) is 22.3 Å². The van der Waals surface area contributed by atoms with Gasteiger partial charge in [0, 0.05) is 6.54 Å². The third kappa shape index (κ3) is 4.90. The lowest BCUT2D eigenvalue weighted by Gasteiger charge is -2.22. The molecular weight excluding hydrogens is 319 g/mol. The van der Waals surface area contributed by atoms with Gasteiger partial charge in [0.15, 0.2) is 0 Å². The first-order chi connectivity index (χ1) is 9.09. The Morgan fingerprint density at radius 3 is 2.75 bits per heavy atom. The van der Waals surface area contributed by atoms with Gasteiger partial charge in [0.25, 0.3) is 0 Å². The van der Waals surface area contributed by atoms with Crippen molar-refractivity contribution >= 4 is 34.0 Å². The molecule has 0 bridgehead atoms. The Morgan fingerprint density at radius 1 is 1.35 bits per heavy atom. The lowest BCUT2D eigenvalue weighted by molar-refractivity contribution is 0.358. The summed E-state index contributed by atoms with van der Waals surface area (Å²) in [6, 6.07) is 6.49. The third-order valence-electron chi connectivity index (χ3n) is 3.37. The number of hydrogen-bond acceptors (Lipinski definition) is 3. The topological polar surface area (TPSA) is 58.2 Å². The van der Waals surface area contributed by atoms with E-state index in [1.54, 1.807) is 18.2 Å². The molecule has 1 atom stereocenters. The second-order valence-electron chi connectivity index (χ2n) is 4.83. The summed E-state index contributed by atoms with van der Waals surface area (Å²) in [5.41, 5.74) is 0. The number of halogens is 2. The zero-order valence-electron chi connectivity index (χ0n) is 11.1. The molecule has 1 heterocycles. The van der Waals surface area contributed by atoms with Gasteiger partial charge in [-0.15, -0.1) is 12.4 Å². The summed E-state index contributed by atoms with van der Waals surface area (Å²) in [5, 5.41) is 3.58. The quantitative estimate of drug-likeness (QED) is 0.866. The highest BCUT2D eigenvalue weighted by Crippen LogP contribution is 2.20. The molecule has 1 aromatic rings. The summed E-state index contributed by atoms with van der Waals surface area (Å²) < 4.78 is 26.8. The van der Waals surface area contributed by atoms with Gasteiger partial charge in [-0.25, -0.2) is 13.1 Å². The molecule has 20 heavy (non-hydrogen) atoms. The Bertz CT molecular complexity index is 517. The Balaban J connectivity index is 0.00000200. The van der Waals surface area contributed by atoms with Crippen molar-refractivity contribution in [3.8, 4) is 0 Å². The van der Waals surface area contributed by atoms with Gasteiger partial charge < -0.3 is 5.32 Å². The summed E-state index contributed by atoms with van der Waals surface area (Å²) in [6.45, 7) is 2.51. The number of hydrogen-bond donors (Lipinski definition) is 2. The van der Waals surface area contributed by atoms with Crippen LogP contribution < -0.4 is 10.0 Å². The second-order valence-corrected chi connectivity index (χ2v) is 6.97. The molecule has 1 fully saturated rings. The van der Waals surface area contributed by atoms with Crippen molar-refractivity contribution in [1.82, 2.24) is 10.0 Å². The van der Waals surface area contributed by atoms with Crippen molar-refractivity contribution in [3.63, 3.8) is 0 Å². The molecule has 114 valence electrons. The van der Waals surface area contributed by atoms with E-state index in [0.29, 0.717) is 12.5 Å². The summed E-state index contributed by atoms with van der Waals surface area (Å²) in [4.78, 5) is 0.151. The van der Waals surface area contributed by atoms with E-state index in [4.69, 9.17) is 11.6 Å². The largest absolute Gasteiger partial charge is 0.316 e. The molecule has 1 saturated heterocycles. The minimum atomic E-state index is -3.49. The fourth-order valence-electron chi connectivity index (χ4n) is 2.31. The minimum Gasteiger partial charge on any atom is -0.316 e. The second kappa shape index (κ2) is 8.20. The maximum absolute atomic E-state index is 12.1. The van der Waals surface area contributed by atoms with Crippen LogP contribution in [-0.4, -0.2) is 28.1 Å². The van der Waals surface area contributed by atoms with E-state index in [2.05, 4.69) is 10.0 Å². The average molecular weight is 339 g/mol. The van der Waals surface area contributed by atoms with Crippen molar-refractivity contribution < 1.29 is 8.42 Å². The summed E-state index contributed by atoms with van der Waals surface area (Å²) in [6.07, 6.45) is 3.19. The molecule has 0 amide bonds. The predicted molar refractivity (Wildman–Crippen MR) is 84.1 cm³/mol. The van der Waals surface area contributed by atoms with Crippen molar-refractivity contribution in [2.75, 3.05) is 19.6 Å². The van der Waals surface area contributed by atoms with Crippen LogP contribution in [0.15, 0.2) is 29.2 Å². The van der Waals surface area contributed by atoms with Crippen LogP contribution in [-0.2, 0) is 10.0 Å². The molecule has 1 aliphatic heterocycles. The highest BCUT2D eigenvalue weighted by molar-refractivity contribution is 7.89. The van der Waals surface area contributed by atoms with Crippen LogP contribution in [0, 0.1) is 5.92 Å². The van der Waals surface area contributed by atoms with Crippen molar-refractivity contribution in [1.29, 1.82) is 0 Å². The fourth-order valence-corrected chi connectivity index (χ4v) is 3.87. The molecule has 0 aliphatic carbocycles. The van der Waals surface area contributed by atoms with Gasteiger partial charge in [-0.05, 0) is 50.4 Å². The first-order valence-electron chi connectivity index (χ1n) is 6.54. The Labute approximate surface area is 131 Å². The van der Waals surface area contributed by atoms with Crippen LogP contribution in [0.3, 0.4) is 0 Å². The zero-order valence-corrected chi connectivity index (χ0v) is 13.5. The van der Waals surface area contributed by atoms with Crippen molar-refractivity contribution in [2.45, 2.75) is 24.2 Å². The Hall–Kier alpha value is -0.330. The fraction of sp³-hybridized carbons (Fsp3) is 0.538. The number of piperidine rings is 1. The van der Waals surface area contributed by atoms with Gasteiger partial charge in [0.1, 0.15) is 4.90 Å². The molecule has 2 rings (SSSR count). The molecule has 1 aliphatic rings. The van der Waals surface area contributed by atoms with E-state index in [1.807, 2.05) is 0 Å². The van der Waals surface area contributed by atoms with Gasteiger partial charge >= 0.3 is 0 Å². The zero-order chi connectivity index (χ0) is 13.7. The molecule has 0 radical (unpaired) electrons. The van der Waals surface area contributed by atoms with Gasteiger partial charge in [-0.3, -0.25) is 0 Å². The molecule has 0 aromatic heterocycles. The summed E-state index contributed by atoms with van der Waals surface area (Å²) >= 11 is 5.91. The highest BCUT2D eigenvalue weighted by Gasteiger charge is 2.18. The molecule has 7 heteroatoms. The van der Waals surface area contributed by atoms with Crippen LogP contribution in [0.4, 0.5) is 0 Å². The molecule has 0 saturated carbocycles. The number of nitrogens with one attached hydrogen (secondary N) is 2. The first kappa shape index (κ1) is 17.7. The van der Waals surface area contributed by atoms with Crippen LogP contribution in [0.2, 0.25) is 5.02 Å².